The molecule has 1 amide bonds. The van der Waals surface area contributed by atoms with Crippen molar-refractivity contribution in [2.24, 2.45) is 0 Å². The van der Waals surface area contributed by atoms with E-state index in [4.69, 9.17) is 11.6 Å². The lowest BCUT2D eigenvalue weighted by atomic mass is 10.1. The third kappa shape index (κ3) is 7.04. The van der Waals surface area contributed by atoms with Crippen LogP contribution < -0.4 is 16.0 Å². The average Bonchev–Trinajstić information content (AvgIpc) is 2.70. The monoisotopic (exact) mass is 410 g/mol. The van der Waals surface area contributed by atoms with Crippen LogP contribution in [-0.2, 0) is 11.2 Å². The van der Waals surface area contributed by atoms with Crippen molar-refractivity contribution in [2.45, 2.75) is 19.8 Å². The highest BCUT2D eigenvalue weighted by atomic mass is 35.5. The first-order valence-corrected chi connectivity index (χ1v) is 9.73. The summed E-state index contributed by atoms with van der Waals surface area (Å²) in [6.45, 7) is 3.06. The number of amides is 1. The minimum atomic E-state index is 0.00217. The van der Waals surface area contributed by atoms with E-state index in [-0.39, 0.29) is 5.91 Å². The van der Waals surface area contributed by atoms with Gasteiger partial charge in [0, 0.05) is 36.8 Å². The number of aryl methyl sites for hydroxylation is 2. The van der Waals surface area contributed by atoms with E-state index in [0.29, 0.717) is 42.6 Å². The van der Waals surface area contributed by atoms with Gasteiger partial charge >= 0.3 is 0 Å². The van der Waals surface area contributed by atoms with Crippen molar-refractivity contribution in [1.82, 2.24) is 20.3 Å². The molecule has 0 bridgehead atoms. The molecule has 0 unspecified atom stereocenters. The van der Waals surface area contributed by atoms with E-state index in [1.807, 2.05) is 43.3 Å². The van der Waals surface area contributed by atoms with Gasteiger partial charge in [-0.15, -0.1) is 0 Å². The fourth-order valence-corrected chi connectivity index (χ4v) is 2.90. The zero-order valence-corrected chi connectivity index (χ0v) is 16.9. The summed E-state index contributed by atoms with van der Waals surface area (Å²) in [7, 11) is 0. The van der Waals surface area contributed by atoms with Crippen LogP contribution >= 0.6 is 11.6 Å². The second kappa shape index (κ2) is 10.4. The Labute approximate surface area is 175 Å². The second-order valence-corrected chi connectivity index (χ2v) is 6.98. The Kier molecular flexibility index (Phi) is 7.35. The van der Waals surface area contributed by atoms with Gasteiger partial charge in [0.1, 0.15) is 23.8 Å². The Morgan fingerprint density at radius 2 is 1.83 bits per heavy atom. The molecule has 3 rings (SSSR count). The number of pyridine rings is 1. The first kappa shape index (κ1) is 20.5. The van der Waals surface area contributed by atoms with Crippen molar-refractivity contribution in [3.8, 4) is 0 Å². The molecule has 2 aromatic heterocycles. The van der Waals surface area contributed by atoms with Gasteiger partial charge in [-0.25, -0.2) is 15.0 Å². The number of hydrogen-bond acceptors (Lipinski definition) is 6. The maximum atomic E-state index is 12.0. The highest BCUT2D eigenvalue weighted by Gasteiger charge is 2.04. The summed E-state index contributed by atoms with van der Waals surface area (Å²) in [5.74, 6) is 2.04. The van der Waals surface area contributed by atoms with E-state index >= 15 is 0 Å². The number of rotatable bonds is 9. The van der Waals surface area contributed by atoms with E-state index in [0.717, 1.165) is 16.9 Å². The van der Waals surface area contributed by atoms with Gasteiger partial charge in [0.15, 0.2) is 0 Å². The topological polar surface area (TPSA) is 91.8 Å². The van der Waals surface area contributed by atoms with Crippen LogP contribution in [0.5, 0.6) is 0 Å². The Morgan fingerprint density at radius 3 is 2.66 bits per heavy atom. The molecule has 0 saturated heterocycles. The van der Waals surface area contributed by atoms with Gasteiger partial charge in [0.05, 0.1) is 0 Å². The van der Waals surface area contributed by atoms with Gasteiger partial charge in [-0.05, 0) is 48.7 Å². The lowest BCUT2D eigenvalue weighted by Gasteiger charge is -2.09. The number of nitrogens with zero attached hydrogens (tertiary/aromatic N) is 3. The molecule has 29 heavy (non-hydrogen) atoms. The molecule has 0 aliphatic rings. The summed E-state index contributed by atoms with van der Waals surface area (Å²) in [5.41, 5.74) is 2.16. The average molecular weight is 411 g/mol. The molecule has 0 aliphatic heterocycles. The van der Waals surface area contributed by atoms with Gasteiger partial charge < -0.3 is 16.0 Å². The molecular formula is C21H23ClN6O. The van der Waals surface area contributed by atoms with Crippen LogP contribution in [0, 0.1) is 6.92 Å². The largest absolute Gasteiger partial charge is 0.368 e. The third-order valence-electron chi connectivity index (χ3n) is 4.12. The fourth-order valence-electron chi connectivity index (χ4n) is 2.69. The van der Waals surface area contributed by atoms with Crippen molar-refractivity contribution >= 4 is 35.0 Å². The number of nitrogens with one attached hydrogen (secondary N) is 3. The predicted molar refractivity (Wildman–Crippen MR) is 116 cm³/mol. The van der Waals surface area contributed by atoms with Crippen LogP contribution in [-0.4, -0.2) is 33.9 Å². The Morgan fingerprint density at radius 1 is 1.00 bits per heavy atom. The van der Waals surface area contributed by atoms with E-state index in [1.165, 1.54) is 6.33 Å². The summed E-state index contributed by atoms with van der Waals surface area (Å²) in [4.78, 5) is 24.6. The highest BCUT2D eigenvalue weighted by Crippen LogP contribution is 2.15. The van der Waals surface area contributed by atoms with Gasteiger partial charge in [-0.2, -0.15) is 0 Å². The molecular weight excluding hydrogens is 388 g/mol. The molecule has 2 heterocycles. The highest BCUT2D eigenvalue weighted by molar-refractivity contribution is 6.30. The van der Waals surface area contributed by atoms with Gasteiger partial charge in [-0.3, -0.25) is 4.79 Å². The first-order chi connectivity index (χ1) is 14.1. The van der Waals surface area contributed by atoms with Crippen molar-refractivity contribution in [3.05, 3.63) is 71.1 Å². The van der Waals surface area contributed by atoms with Crippen LogP contribution in [0.15, 0.2) is 55.0 Å². The maximum absolute atomic E-state index is 12.0. The SMILES string of the molecule is Cc1ccnc(Nc2cc(NCCNC(=O)CCc3cccc(Cl)c3)ncn2)c1. The predicted octanol–water partition coefficient (Wildman–Crippen LogP) is 3.74. The molecule has 0 spiro atoms. The van der Waals surface area contributed by atoms with E-state index in [9.17, 15) is 4.79 Å². The van der Waals surface area contributed by atoms with E-state index < -0.39 is 0 Å². The number of aromatic nitrogens is 3. The summed E-state index contributed by atoms with van der Waals surface area (Å²) in [6, 6.07) is 13.2. The van der Waals surface area contributed by atoms with Gasteiger partial charge in [-0.1, -0.05) is 23.7 Å². The summed E-state index contributed by atoms with van der Waals surface area (Å²) in [5, 5.41) is 9.90. The lowest BCUT2D eigenvalue weighted by Crippen LogP contribution is -2.29. The van der Waals surface area contributed by atoms with Crippen LogP contribution in [0.25, 0.3) is 0 Å². The standard InChI is InChI=1S/C21H23ClN6O/c1-15-7-8-23-19(11-15)28-20-13-18(26-14-27-20)24-9-10-25-21(29)6-5-16-3-2-4-17(22)12-16/h2-4,7-8,11-14H,5-6,9-10H2,1H3,(H,25,29)(H2,23,24,26,27,28). The molecule has 3 aromatic rings. The molecule has 0 atom stereocenters. The van der Waals surface area contributed by atoms with Crippen LogP contribution in [0.1, 0.15) is 17.5 Å². The van der Waals surface area contributed by atoms with E-state index in [2.05, 4.69) is 30.9 Å². The lowest BCUT2D eigenvalue weighted by molar-refractivity contribution is -0.120. The molecule has 0 saturated carbocycles. The van der Waals surface area contributed by atoms with Gasteiger partial charge in [0.2, 0.25) is 5.91 Å². The van der Waals surface area contributed by atoms with Crippen molar-refractivity contribution in [1.29, 1.82) is 0 Å². The van der Waals surface area contributed by atoms with Crippen LogP contribution in [0.3, 0.4) is 0 Å². The number of anilines is 3. The van der Waals surface area contributed by atoms with Crippen LogP contribution in [0.4, 0.5) is 17.5 Å². The number of carbonyl (C=O) groups is 1. The number of carbonyl (C=O) groups excluding carboxylic acids is 1. The smallest absolute Gasteiger partial charge is 0.220 e. The quantitative estimate of drug-likeness (QED) is 0.465. The minimum Gasteiger partial charge on any atom is -0.368 e. The molecule has 0 aliphatic carbocycles. The first-order valence-electron chi connectivity index (χ1n) is 9.35. The number of halogens is 1. The zero-order valence-electron chi connectivity index (χ0n) is 16.2. The zero-order chi connectivity index (χ0) is 20.5. The maximum Gasteiger partial charge on any atom is 0.220 e. The molecule has 0 radical (unpaired) electrons. The van der Waals surface area contributed by atoms with Crippen molar-refractivity contribution < 1.29 is 4.79 Å². The minimum absolute atomic E-state index is 0.00217. The molecule has 8 heteroatoms. The van der Waals surface area contributed by atoms with Crippen molar-refractivity contribution in [3.63, 3.8) is 0 Å². The summed E-state index contributed by atoms with van der Waals surface area (Å²) in [6.07, 6.45) is 4.30. The summed E-state index contributed by atoms with van der Waals surface area (Å²) < 4.78 is 0. The normalized spacial score (nSPS) is 10.4. The van der Waals surface area contributed by atoms with E-state index in [1.54, 1.807) is 12.3 Å². The number of benzene rings is 1. The Bertz CT molecular complexity index is 965. The number of hydrogen-bond donors (Lipinski definition) is 3. The molecule has 150 valence electrons. The second-order valence-electron chi connectivity index (χ2n) is 6.54. The molecule has 3 N–H and O–H groups in total. The Hall–Kier alpha value is -3.19. The molecule has 0 fully saturated rings. The van der Waals surface area contributed by atoms with Crippen LogP contribution in [0.2, 0.25) is 5.02 Å². The summed E-state index contributed by atoms with van der Waals surface area (Å²) >= 11 is 5.96. The third-order valence-corrected chi connectivity index (χ3v) is 4.36. The fraction of sp³-hybridized carbons (Fsp3) is 0.238. The molecule has 1 aromatic carbocycles. The Balaban J connectivity index is 1.39. The molecule has 7 nitrogen and oxygen atoms in total. The van der Waals surface area contributed by atoms with Gasteiger partial charge in [0.25, 0.3) is 0 Å². The van der Waals surface area contributed by atoms with Crippen molar-refractivity contribution in [2.75, 3.05) is 23.7 Å².